The van der Waals surface area contributed by atoms with Gasteiger partial charge in [-0.25, -0.2) is 0 Å². The highest BCUT2D eigenvalue weighted by Crippen LogP contribution is 2.29. The van der Waals surface area contributed by atoms with E-state index in [1.807, 2.05) is 32.0 Å². The molecule has 1 unspecified atom stereocenters. The van der Waals surface area contributed by atoms with Gasteiger partial charge in [-0.15, -0.1) is 24.9 Å². The van der Waals surface area contributed by atoms with E-state index in [1.54, 1.807) is 25.6 Å². The highest BCUT2D eigenvalue weighted by molar-refractivity contribution is 7.99. The molecular weight excluding hydrogens is 457 g/mol. The minimum Gasteiger partial charge on any atom is -0.491 e. The fraction of sp³-hybridized carbons (Fsp3) is 0.458. The van der Waals surface area contributed by atoms with Crippen molar-refractivity contribution in [2.75, 3.05) is 19.0 Å². The predicted octanol–water partition coefficient (Wildman–Crippen LogP) is 6.22. The third-order valence-electron chi connectivity index (χ3n) is 4.69. The molecule has 0 bridgehead atoms. The van der Waals surface area contributed by atoms with Crippen LogP contribution in [0, 0.1) is 6.92 Å². The molecule has 0 saturated heterocycles. The van der Waals surface area contributed by atoms with Gasteiger partial charge in [-0.05, 0) is 82.6 Å². The second kappa shape index (κ2) is 11.7. The fourth-order valence-electron chi connectivity index (χ4n) is 2.67. The number of hydrogen-bond acceptors (Lipinski definition) is 6. The topological polar surface area (TPSA) is 54.0 Å². The summed E-state index contributed by atoms with van der Waals surface area (Å²) in [7, 11) is 0. The standard InChI is InChI=1S/C24H29F3O5S/c1-6-29-20(14-30-18-7-9-19(10-8-18)31-24(25,26)27)15-33-21-11-12-22(16(2)13-21)32-23(4,5)17(3)28/h7-13,20H,6,14-15H2,1-5H3. The van der Waals surface area contributed by atoms with Crippen LogP contribution in [0.15, 0.2) is 47.4 Å². The quantitative estimate of drug-likeness (QED) is 0.332. The van der Waals surface area contributed by atoms with Crippen molar-refractivity contribution in [3.05, 3.63) is 48.0 Å². The largest absolute Gasteiger partial charge is 0.573 e. The van der Waals surface area contributed by atoms with E-state index >= 15 is 0 Å². The first-order valence-electron chi connectivity index (χ1n) is 10.4. The van der Waals surface area contributed by atoms with Crippen LogP contribution < -0.4 is 14.2 Å². The lowest BCUT2D eigenvalue weighted by atomic mass is 10.0. The fourth-order valence-corrected chi connectivity index (χ4v) is 3.66. The minimum absolute atomic E-state index is 0.0533. The van der Waals surface area contributed by atoms with Gasteiger partial charge in [0.2, 0.25) is 0 Å². The molecule has 0 saturated carbocycles. The number of Topliss-reactive ketones (excluding diaryl/α,β-unsaturated/α-hetero) is 1. The van der Waals surface area contributed by atoms with Crippen LogP contribution in [0.5, 0.6) is 17.2 Å². The van der Waals surface area contributed by atoms with Crippen molar-refractivity contribution in [2.45, 2.75) is 57.6 Å². The number of hydrogen-bond donors (Lipinski definition) is 0. The van der Waals surface area contributed by atoms with Crippen molar-refractivity contribution >= 4 is 17.5 Å². The molecule has 33 heavy (non-hydrogen) atoms. The molecule has 0 aliphatic carbocycles. The number of thioether (sulfide) groups is 1. The first-order valence-corrected chi connectivity index (χ1v) is 11.4. The van der Waals surface area contributed by atoms with Crippen molar-refractivity contribution in [3.8, 4) is 17.2 Å². The molecule has 0 aliphatic heterocycles. The Hall–Kier alpha value is -2.39. The van der Waals surface area contributed by atoms with Crippen LogP contribution in [-0.4, -0.2) is 42.8 Å². The van der Waals surface area contributed by atoms with Crippen molar-refractivity contribution in [2.24, 2.45) is 0 Å². The number of benzene rings is 2. The second-order valence-corrected chi connectivity index (χ2v) is 8.91. The summed E-state index contributed by atoms with van der Waals surface area (Å²) in [4.78, 5) is 12.7. The van der Waals surface area contributed by atoms with Gasteiger partial charge >= 0.3 is 6.36 Å². The summed E-state index contributed by atoms with van der Waals surface area (Å²) in [6, 6.07) is 11.0. The van der Waals surface area contributed by atoms with E-state index in [2.05, 4.69) is 4.74 Å². The van der Waals surface area contributed by atoms with Gasteiger partial charge in [-0.3, -0.25) is 4.79 Å². The molecule has 0 heterocycles. The summed E-state index contributed by atoms with van der Waals surface area (Å²) >= 11 is 1.59. The molecule has 0 amide bonds. The van der Waals surface area contributed by atoms with Gasteiger partial charge in [0.05, 0.1) is 0 Å². The first kappa shape index (κ1) is 26.9. The third-order valence-corrected chi connectivity index (χ3v) is 5.82. The Labute approximate surface area is 196 Å². The number of carbonyl (C=O) groups is 1. The number of rotatable bonds is 12. The SMILES string of the molecule is CCOC(COc1ccc(OC(F)(F)F)cc1)CSc1ccc(OC(C)(C)C(C)=O)c(C)c1. The van der Waals surface area contributed by atoms with Gasteiger partial charge in [-0.1, -0.05) is 0 Å². The lowest BCUT2D eigenvalue weighted by Crippen LogP contribution is -2.36. The molecule has 0 fully saturated rings. The Kier molecular flexibility index (Phi) is 9.48. The number of carbonyl (C=O) groups excluding carboxylic acids is 1. The van der Waals surface area contributed by atoms with Gasteiger partial charge in [0.25, 0.3) is 0 Å². The summed E-state index contributed by atoms with van der Waals surface area (Å²) in [5.41, 5.74) is 0.0214. The Balaban J connectivity index is 1.92. The average molecular weight is 487 g/mol. The molecule has 5 nitrogen and oxygen atoms in total. The average Bonchev–Trinajstić information content (AvgIpc) is 2.71. The van der Waals surface area contributed by atoms with E-state index in [-0.39, 0.29) is 24.2 Å². The van der Waals surface area contributed by atoms with Gasteiger partial charge in [-0.2, -0.15) is 0 Å². The maximum atomic E-state index is 12.3. The maximum Gasteiger partial charge on any atom is 0.573 e. The second-order valence-electron chi connectivity index (χ2n) is 7.81. The number of alkyl halides is 3. The molecular formula is C24H29F3O5S. The Morgan fingerprint density at radius 3 is 2.21 bits per heavy atom. The Morgan fingerprint density at radius 2 is 1.67 bits per heavy atom. The van der Waals surface area contributed by atoms with E-state index in [0.29, 0.717) is 23.9 Å². The number of aryl methyl sites for hydroxylation is 1. The number of ether oxygens (including phenoxy) is 4. The van der Waals surface area contributed by atoms with E-state index in [1.165, 1.54) is 31.2 Å². The van der Waals surface area contributed by atoms with Crippen LogP contribution in [0.4, 0.5) is 13.2 Å². The van der Waals surface area contributed by atoms with E-state index < -0.39 is 12.0 Å². The van der Waals surface area contributed by atoms with E-state index in [4.69, 9.17) is 14.2 Å². The normalized spacial score (nSPS) is 12.8. The van der Waals surface area contributed by atoms with Crippen LogP contribution in [-0.2, 0) is 9.53 Å². The molecule has 0 radical (unpaired) electrons. The van der Waals surface area contributed by atoms with Gasteiger partial charge < -0.3 is 18.9 Å². The van der Waals surface area contributed by atoms with Crippen molar-refractivity contribution < 1.29 is 36.9 Å². The summed E-state index contributed by atoms with van der Waals surface area (Å²) in [5, 5.41) is 0. The zero-order valence-electron chi connectivity index (χ0n) is 19.3. The highest BCUT2D eigenvalue weighted by atomic mass is 32.2. The molecule has 0 aliphatic rings. The van der Waals surface area contributed by atoms with Gasteiger partial charge in [0.15, 0.2) is 11.4 Å². The van der Waals surface area contributed by atoms with Crippen LogP contribution in [0.1, 0.15) is 33.3 Å². The van der Waals surface area contributed by atoms with Crippen LogP contribution in [0.3, 0.4) is 0 Å². The van der Waals surface area contributed by atoms with Gasteiger partial charge in [0, 0.05) is 17.3 Å². The van der Waals surface area contributed by atoms with Crippen molar-refractivity contribution in [3.63, 3.8) is 0 Å². The van der Waals surface area contributed by atoms with Crippen molar-refractivity contribution in [1.82, 2.24) is 0 Å². The van der Waals surface area contributed by atoms with Crippen LogP contribution in [0.25, 0.3) is 0 Å². The van der Waals surface area contributed by atoms with E-state index in [9.17, 15) is 18.0 Å². The smallest absolute Gasteiger partial charge is 0.491 e. The number of halogens is 3. The molecule has 0 spiro atoms. The maximum absolute atomic E-state index is 12.3. The summed E-state index contributed by atoms with van der Waals surface area (Å²) in [6.45, 7) is 9.52. The monoisotopic (exact) mass is 486 g/mol. The summed E-state index contributed by atoms with van der Waals surface area (Å²) in [5.74, 6) is 1.33. The zero-order valence-corrected chi connectivity index (χ0v) is 20.1. The first-order chi connectivity index (χ1) is 15.4. The lowest BCUT2D eigenvalue weighted by molar-refractivity contribution is -0.274. The molecule has 2 rings (SSSR count). The van der Waals surface area contributed by atoms with Crippen LogP contribution in [0.2, 0.25) is 0 Å². The zero-order chi connectivity index (χ0) is 24.6. The molecule has 2 aromatic rings. The molecule has 182 valence electrons. The number of ketones is 1. The van der Waals surface area contributed by atoms with Crippen molar-refractivity contribution in [1.29, 1.82) is 0 Å². The summed E-state index contributed by atoms with van der Waals surface area (Å²) < 4.78 is 57.9. The lowest BCUT2D eigenvalue weighted by Gasteiger charge is -2.24. The third kappa shape index (κ3) is 9.17. The highest BCUT2D eigenvalue weighted by Gasteiger charge is 2.31. The molecule has 0 N–H and O–H groups in total. The van der Waals surface area contributed by atoms with E-state index in [0.717, 1.165) is 10.5 Å². The molecule has 9 heteroatoms. The summed E-state index contributed by atoms with van der Waals surface area (Å²) in [6.07, 6.45) is -4.95. The molecule has 1 atom stereocenters. The Morgan fingerprint density at radius 1 is 1.03 bits per heavy atom. The molecule has 0 aromatic heterocycles. The van der Waals surface area contributed by atoms with Crippen LogP contribution >= 0.6 is 11.8 Å². The Bertz CT molecular complexity index is 913. The minimum atomic E-state index is -4.73. The van der Waals surface area contributed by atoms with Gasteiger partial charge in [0.1, 0.15) is 30.0 Å². The predicted molar refractivity (Wildman–Crippen MR) is 121 cm³/mol. The molecule has 2 aromatic carbocycles.